The maximum absolute atomic E-state index is 13.1. The predicted molar refractivity (Wildman–Crippen MR) is 84.5 cm³/mol. The molecule has 0 aliphatic rings. The van der Waals surface area contributed by atoms with Crippen LogP contribution in [0, 0.1) is 23.0 Å². The van der Waals surface area contributed by atoms with Gasteiger partial charge in [0.05, 0.1) is 18.1 Å². The zero-order valence-corrected chi connectivity index (χ0v) is 13.0. The third kappa shape index (κ3) is 5.11. The number of carboxylic acid groups (broad SMARTS) is 1. The fourth-order valence-corrected chi connectivity index (χ4v) is 2.23. The minimum atomic E-state index is -1.22. The number of nitrogens with one attached hydrogen (secondary N) is 1. The number of amides is 1. The number of carbonyl (C=O) groups excluding carboxylic acids is 1. The van der Waals surface area contributed by atoms with Crippen LogP contribution in [-0.2, 0) is 22.4 Å². The number of nitriles is 1. The van der Waals surface area contributed by atoms with Crippen LogP contribution < -0.4 is 5.32 Å². The van der Waals surface area contributed by atoms with Crippen molar-refractivity contribution in [3.8, 4) is 6.07 Å². The van der Waals surface area contributed by atoms with E-state index in [-0.39, 0.29) is 18.4 Å². The monoisotopic (exact) mass is 344 g/mol. The largest absolute Gasteiger partial charge is 0.480 e. The van der Waals surface area contributed by atoms with Gasteiger partial charge in [-0.05, 0) is 35.4 Å². The van der Waals surface area contributed by atoms with Gasteiger partial charge in [-0.1, -0.05) is 18.2 Å². The van der Waals surface area contributed by atoms with Crippen LogP contribution in [0.5, 0.6) is 0 Å². The summed E-state index contributed by atoms with van der Waals surface area (Å²) in [6, 6.07) is 10.2. The Morgan fingerprint density at radius 3 is 2.28 bits per heavy atom. The molecular formula is C18H14F2N2O3. The Morgan fingerprint density at radius 2 is 1.72 bits per heavy atom. The summed E-state index contributed by atoms with van der Waals surface area (Å²) in [6.45, 7) is 0. The second kappa shape index (κ2) is 8.02. The number of benzene rings is 2. The van der Waals surface area contributed by atoms with E-state index < -0.39 is 29.6 Å². The summed E-state index contributed by atoms with van der Waals surface area (Å²) in [5.74, 6) is -3.93. The Labute approximate surface area is 142 Å². The van der Waals surface area contributed by atoms with Crippen LogP contribution in [0.3, 0.4) is 0 Å². The van der Waals surface area contributed by atoms with E-state index in [1.807, 2.05) is 6.07 Å². The van der Waals surface area contributed by atoms with Gasteiger partial charge in [0, 0.05) is 6.42 Å². The lowest BCUT2D eigenvalue weighted by Gasteiger charge is -2.15. The van der Waals surface area contributed by atoms with Gasteiger partial charge in [0.15, 0.2) is 11.6 Å². The number of rotatable bonds is 6. The first-order valence-electron chi connectivity index (χ1n) is 7.34. The Hall–Kier alpha value is -3.27. The van der Waals surface area contributed by atoms with Crippen molar-refractivity contribution in [1.29, 1.82) is 5.26 Å². The van der Waals surface area contributed by atoms with Crippen molar-refractivity contribution in [2.75, 3.05) is 0 Å². The van der Waals surface area contributed by atoms with Crippen LogP contribution in [0.2, 0.25) is 0 Å². The molecule has 5 nitrogen and oxygen atoms in total. The molecule has 1 amide bonds. The molecule has 2 aromatic rings. The van der Waals surface area contributed by atoms with Crippen LogP contribution in [0.4, 0.5) is 8.78 Å². The SMILES string of the molecule is N#Cc1ccc(C[C@@H](NC(=O)Cc2ccc(F)c(F)c2)C(=O)O)cc1. The smallest absolute Gasteiger partial charge is 0.326 e. The van der Waals surface area contributed by atoms with Crippen molar-refractivity contribution >= 4 is 11.9 Å². The summed E-state index contributed by atoms with van der Waals surface area (Å²) in [4.78, 5) is 23.3. The third-order valence-electron chi connectivity index (χ3n) is 3.50. The normalized spacial score (nSPS) is 11.4. The van der Waals surface area contributed by atoms with Crippen molar-refractivity contribution in [2.45, 2.75) is 18.9 Å². The Balaban J connectivity index is 2.02. The molecule has 25 heavy (non-hydrogen) atoms. The molecule has 0 unspecified atom stereocenters. The lowest BCUT2D eigenvalue weighted by Crippen LogP contribution is -2.43. The van der Waals surface area contributed by atoms with E-state index in [1.165, 1.54) is 6.07 Å². The number of aliphatic carboxylic acids is 1. The Kier molecular flexibility index (Phi) is 5.79. The highest BCUT2D eigenvalue weighted by Crippen LogP contribution is 2.10. The maximum Gasteiger partial charge on any atom is 0.326 e. The standard InChI is InChI=1S/C18H14F2N2O3/c19-14-6-5-13(7-15(14)20)9-17(23)22-16(18(24)25)8-11-1-3-12(10-21)4-2-11/h1-7,16H,8-9H2,(H,22,23)(H,24,25)/t16-/m1/s1. The van der Waals surface area contributed by atoms with Gasteiger partial charge in [-0.2, -0.15) is 5.26 Å². The summed E-state index contributed by atoms with van der Waals surface area (Å²) in [5, 5.41) is 20.4. The first-order valence-corrected chi connectivity index (χ1v) is 7.34. The van der Waals surface area contributed by atoms with Crippen molar-refractivity contribution in [3.63, 3.8) is 0 Å². The fraction of sp³-hybridized carbons (Fsp3) is 0.167. The van der Waals surface area contributed by atoms with Gasteiger partial charge < -0.3 is 10.4 Å². The number of hydrogen-bond donors (Lipinski definition) is 2. The molecule has 0 spiro atoms. The van der Waals surface area contributed by atoms with Crippen LogP contribution in [0.25, 0.3) is 0 Å². The number of hydrogen-bond acceptors (Lipinski definition) is 3. The summed E-state index contributed by atoms with van der Waals surface area (Å²) < 4.78 is 26.0. The molecule has 2 aromatic carbocycles. The molecule has 0 aromatic heterocycles. The van der Waals surface area contributed by atoms with Crippen LogP contribution in [-0.4, -0.2) is 23.0 Å². The molecule has 2 rings (SSSR count). The second-order valence-electron chi connectivity index (χ2n) is 5.40. The molecule has 128 valence electrons. The minimum Gasteiger partial charge on any atom is -0.480 e. The van der Waals surface area contributed by atoms with E-state index in [4.69, 9.17) is 5.26 Å². The van der Waals surface area contributed by atoms with E-state index >= 15 is 0 Å². The van der Waals surface area contributed by atoms with E-state index in [0.29, 0.717) is 11.1 Å². The molecule has 7 heteroatoms. The number of carboxylic acids is 1. The fourth-order valence-electron chi connectivity index (χ4n) is 2.23. The Bertz CT molecular complexity index is 829. The molecule has 2 N–H and O–H groups in total. The summed E-state index contributed by atoms with van der Waals surface area (Å²) in [6.07, 6.45) is -0.237. The number of halogens is 2. The van der Waals surface area contributed by atoms with Crippen molar-refractivity contribution in [2.24, 2.45) is 0 Å². The number of nitrogens with zero attached hydrogens (tertiary/aromatic N) is 1. The quantitative estimate of drug-likeness (QED) is 0.840. The molecule has 0 heterocycles. The van der Waals surface area contributed by atoms with Crippen LogP contribution in [0.15, 0.2) is 42.5 Å². The van der Waals surface area contributed by atoms with Gasteiger partial charge in [0.2, 0.25) is 5.91 Å². The lowest BCUT2D eigenvalue weighted by molar-refractivity contribution is -0.141. The molecular weight excluding hydrogens is 330 g/mol. The van der Waals surface area contributed by atoms with E-state index in [0.717, 1.165) is 12.1 Å². The first-order chi connectivity index (χ1) is 11.9. The molecule has 0 bridgehead atoms. The van der Waals surface area contributed by atoms with Crippen molar-refractivity contribution in [1.82, 2.24) is 5.32 Å². The van der Waals surface area contributed by atoms with Crippen LogP contribution >= 0.6 is 0 Å². The average Bonchev–Trinajstić information content (AvgIpc) is 2.58. The second-order valence-corrected chi connectivity index (χ2v) is 5.40. The van der Waals surface area contributed by atoms with Crippen molar-refractivity contribution < 1.29 is 23.5 Å². The zero-order chi connectivity index (χ0) is 18.4. The zero-order valence-electron chi connectivity index (χ0n) is 13.0. The number of carbonyl (C=O) groups is 2. The molecule has 0 saturated carbocycles. The third-order valence-corrected chi connectivity index (χ3v) is 3.50. The molecule has 1 atom stereocenters. The molecule has 0 radical (unpaired) electrons. The lowest BCUT2D eigenvalue weighted by atomic mass is 10.0. The van der Waals surface area contributed by atoms with Gasteiger partial charge in [-0.15, -0.1) is 0 Å². The summed E-state index contributed by atoms with van der Waals surface area (Å²) in [5.41, 5.74) is 1.32. The van der Waals surface area contributed by atoms with Gasteiger partial charge in [0.25, 0.3) is 0 Å². The Morgan fingerprint density at radius 1 is 1.08 bits per heavy atom. The van der Waals surface area contributed by atoms with E-state index in [9.17, 15) is 23.5 Å². The van der Waals surface area contributed by atoms with Gasteiger partial charge in [0.1, 0.15) is 6.04 Å². The molecule has 0 saturated heterocycles. The molecule has 0 aliphatic carbocycles. The molecule has 0 aliphatic heterocycles. The minimum absolute atomic E-state index is 0.0323. The van der Waals surface area contributed by atoms with Crippen molar-refractivity contribution in [3.05, 3.63) is 70.8 Å². The highest BCUT2D eigenvalue weighted by Gasteiger charge is 2.20. The van der Waals surface area contributed by atoms with E-state index in [2.05, 4.69) is 5.32 Å². The topological polar surface area (TPSA) is 90.2 Å². The van der Waals surface area contributed by atoms with Gasteiger partial charge in [-0.25, -0.2) is 13.6 Å². The van der Waals surface area contributed by atoms with E-state index in [1.54, 1.807) is 24.3 Å². The van der Waals surface area contributed by atoms with Crippen LogP contribution in [0.1, 0.15) is 16.7 Å². The summed E-state index contributed by atoms with van der Waals surface area (Å²) >= 11 is 0. The van der Waals surface area contributed by atoms with Gasteiger partial charge >= 0.3 is 5.97 Å². The molecule has 0 fully saturated rings. The van der Waals surface area contributed by atoms with Gasteiger partial charge in [-0.3, -0.25) is 4.79 Å². The highest BCUT2D eigenvalue weighted by atomic mass is 19.2. The predicted octanol–water partition coefficient (Wildman–Crippen LogP) is 2.19. The summed E-state index contributed by atoms with van der Waals surface area (Å²) in [7, 11) is 0. The first kappa shape index (κ1) is 18.1. The maximum atomic E-state index is 13.1. The average molecular weight is 344 g/mol. The highest BCUT2D eigenvalue weighted by molar-refractivity contribution is 5.85.